The highest BCUT2D eigenvalue weighted by Gasteiger charge is 2.30. The quantitative estimate of drug-likeness (QED) is 0.658. The molecule has 0 radical (unpaired) electrons. The minimum Gasteiger partial charge on any atom is -0.271 e. The molecule has 2 aromatic carbocycles. The van der Waals surface area contributed by atoms with E-state index in [-0.39, 0.29) is 0 Å². The first-order chi connectivity index (χ1) is 9.90. The Hall–Kier alpha value is -1.56. The second-order valence-electron chi connectivity index (χ2n) is 4.68. The van der Waals surface area contributed by atoms with Gasteiger partial charge in [-0.2, -0.15) is 13.2 Å². The fourth-order valence-electron chi connectivity index (χ4n) is 2.10. The van der Waals surface area contributed by atoms with E-state index in [1.54, 1.807) is 24.3 Å². The number of benzene rings is 2. The zero-order valence-corrected chi connectivity index (χ0v) is 11.7. The van der Waals surface area contributed by atoms with Gasteiger partial charge in [0.15, 0.2) is 0 Å². The average Bonchev–Trinajstić information content (AvgIpc) is 2.44. The first-order valence-corrected chi connectivity index (χ1v) is 6.65. The monoisotopic (exact) mass is 314 g/mol. The molecule has 21 heavy (non-hydrogen) atoms. The van der Waals surface area contributed by atoms with E-state index in [2.05, 4.69) is 5.43 Å². The van der Waals surface area contributed by atoms with Crippen molar-refractivity contribution in [2.24, 2.45) is 5.84 Å². The molecule has 0 heterocycles. The van der Waals surface area contributed by atoms with Crippen LogP contribution in [0.15, 0.2) is 48.5 Å². The van der Waals surface area contributed by atoms with Crippen LogP contribution in [-0.2, 0) is 12.6 Å². The molecule has 0 fully saturated rings. The Kier molecular flexibility index (Phi) is 4.88. The third-order valence-electron chi connectivity index (χ3n) is 3.15. The van der Waals surface area contributed by atoms with Gasteiger partial charge in [0.2, 0.25) is 0 Å². The molecule has 0 saturated carbocycles. The standard InChI is InChI=1S/C15H14ClF3N2/c16-13-6-1-3-10(7-13)8-14(21-20)11-4-2-5-12(9-11)15(17,18)19/h1-7,9,14,21H,8,20H2. The lowest BCUT2D eigenvalue weighted by Gasteiger charge is -2.18. The molecule has 1 atom stereocenters. The van der Waals surface area contributed by atoms with Crippen LogP contribution in [0.3, 0.4) is 0 Å². The minimum absolute atomic E-state index is 0.425. The summed E-state index contributed by atoms with van der Waals surface area (Å²) in [7, 11) is 0. The third kappa shape index (κ3) is 4.20. The third-order valence-corrected chi connectivity index (χ3v) is 3.38. The van der Waals surface area contributed by atoms with E-state index in [4.69, 9.17) is 17.4 Å². The van der Waals surface area contributed by atoms with E-state index < -0.39 is 17.8 Å². The molecule has 2 aromatic rings. The lowest BCUT2D eigenvalue weighted by atomic mass is 9.98. The molecule has 0 spiro atoms. The van der Waals surface area contributed by atoms with E-state index in [0.29, 0.717) is 17.0 Å². The normalized spacial score (nSPS) is 13.2. The molecule has 0 bridgehead atoms. The summed E-state index contributed by atoms with van der Waals surface area (Å²) in [5.74, 6) is 5.49. The van der Waals surface area contributed by atoms with Crippen LogP contribution < -0.4 is 11.3 Å². The molecule has 1 unspecified atom stereocenters. The van der Waals surface area contributed by atoms with Gasteiger partial charge in [0, 0.05) is 11.1 Å². The summed E-state index contributed by atoms with van der Waals surface area (Å²) >= 11 is 5.90. The molecular weight excluding hydrogens is 301 g/mol. The molecule has 0 aliphatic carbocycles. The van der Waals surface area contributed by atoms with Crippen molar-refractivity contribution in [1.29, 1.82) is 0 Å². The van der Waals surface area contributed by atoms with Crippen LogP contribution in [0.5, 0.6) is 0 Å². The van der Waals surface area contributed by atoms with Gasteiger partial charge in [-0.1, -0.05) is 35.9 Å². The highest BCUT2D eigenvalue weighted by atomic mass is 35.5. The van der Waals surface area contributed by atoms with Crippen LogP contribution in [0.1, 0.15) is 22.7 Å². The molecule has 112 valence electrons. The Morgan fingerprint density at radius 1 is 1.10 bits per heavy atom. The first kappa shape index (κ1) is 15.8. The van der Waals surface area contributed by atoms with E-state index in [1.807, 2.05) is 6.07 Å². The van der Waals surface area contributed by atoms with E-state index >= 15 is 0 Å². The molecular formula is C15H14ClF3N2. The van der Waals surface area contributed by atoms with Crippen molar-refractivity contribution in [3.8, 4) is 0 Å². The molecule has 0 aliphatic heterocycles. The zero-order chi connectivity index (χ0) is 15.5. The topological polar surface area (TPSA) is 38.0 Å². The van der Waals surface area contributed by atoms with Gasteiger partial charge in [0.05, 0.1) is 5.56 Å². The smallest absolute Gasteiger partial charge is 0.271 e. The lowest BCUT2D eigenvalue weighted by molar-refractivity contribution is -0.137. The van der Waals surface area contributed by atoms with E-state index in [1.165, 1.54) is 6.07 Å². The van der Waals surface area contributed by atoms with Crippen molar-refractivity contribution in [3.63, 3.8) is 0 Å². The second kappa shape index (κ2) is 6.47. The average molecular weight is 315 g/mol. The largest absolute Gasteiger partial charge is 0.416 e. The summed E-state index contributed by atoms with van der Waals surface area (Å²) in [6.07, 6.45) is -3.93. The Labute approximate surface area is 125 Å². The summed E-state index contributed by atoms with van der Waals surface area (Å²) < 4.78 is 38.2. The van der Waals surface area contributed by atoms with Crippen LogP contribution in [-0.4, -0.2) is 0 Å². The van der Waals surface area contributed by atoms with Crippen molar-refractivity contribution in [2.45, 2.75) is 18.6 Å². The van der Waals surface area contributed by atoms with E-state index in [9.17, 15) is 13.2 Å². The minimum atomic E-state index is -4.37. The van der Waals surface area contributed by atoms with Gasteiger partial charge in [-0.3, -0.25) is 11.3 Å². The van der Waals surface area contributed by atoms with Crippen molar-refractivity contribution >= 4 is 11.6 Å². The number of halogens is 4. The molecule has 0 aromatic heterocycles. The van der Waals surface area contributed by atoms with Crippen molar-refractivity contribution in [3.05, 3.63) is 70.2 Å². The maximum Gasteiger partial charge on any atom is 0.416 e. The molecule has 6 heteroatoms. The van der Waals surface area contributed by atoms with Gasteiger partial charge in [-0.15, -0.1) is 0 Å². The first-order valence-electron chi connectivity index (χ1n) is 6.28. The van der Waals surface area contributed by atoms with Gasteiger partial charge in [-0.05, 0) is 41.8 Å². The lowest BCUT2D eigenvalue weighted by Crippen LogP contribution is -2.29. The second-order valence-corrected chi connectivity index (χ2v) is 5.11. The number of hydrazine groups is 1. The summed E-state index contributed by atoms with van der Waals surface area (Å²) in [5.41, 5.74) is 3.24. The predicted octanol–water partition coefficient (Wildman–Crippen LogP) is 4.11. The fourth-order valence-corrected chi connectivity index (χ4v) is 2.32. The molecule has 2 rings (SSSR count). The fraction of sp³-hybridized carbons (Fsp3) is 0.200. The maximum atomic E-state index is 12.7. The Morgan fingerprint density at radius 3 is 2.43 bits per heavy atom. The Balaban J connectivity index is 2.25. The Morgan fingerprint density at radius 2 is 1.81 bits per heavy atom. The number of nitrogens with two attached hydrogens (primary N) is 1. The number of hydrogen-bond acceptors (Lipinski definition) is 2. The summed E-state index contributed by atoms with van der Waals surface area (Å²) in [4.78, 5) is 0. The molecule has 2 nitrogen and oxygen atoms in total. The van der Waals surface area contributed by atoms with Gasteiger partial charge < -0.3 is 0 Å². The number of hydrogen-bond donors (Lipinski definition) is 2. The van der Waals surface area contributed by atoms with Crippen molar-refractivity contribution in [2.75, 3.05) is 0 Å². The highest BCUT2D eigenvalue weighted by molar-refractivity contribution is 6.30. The Bertz CT molecular complexity index is 614. The molecule has 0 saturated heterocycles. The van der Waals surface area contributed by atoms with Gasteiger partial charge in [-0.25, -0.2) is 0 Å². The van der Waals surface area contributed by atoms with Crippen molar-refractivity contribution < 1.29 is 13.2 Å². The maximum absolute atomic E-state index is 12.7. The van der Waals surface area contributed by atoms with Crippen LogP contribution in [0, 0.1) is 0 Å². The molecule has 0 amide bonds. The van der Waals surface area contributed by atoms with Crippen LogP contribution >= 0.6 is 11.6 Å². The predicted molar refractivity (Wildman–Crippen MR) is 76.7 cm³/mol. The summed E-state index contributed by atoms with van der Waals surface area (Å²) in [6, 6.07) is 11.8. The van der Waals surface area contributed by atoms with Gasteiger partial charge >= 0.3 is 6.18 Å². The molecule has 0 aliphatic rings. The van der Waals surface area contributed by atoms with Gasteiger partial charge in [0.25, 0.3) is 0 Å². The SMILES string of the molecule is NNC(Cc1cccc(Cl)c1)c1cccc(C(F)(F)F)c1. The van der Waals surface area contributed by atoms with Crippen LogP contribution in [0.25, 0.3) is 0 Å². The van der Waals surface area contributed by atoms with Crippen molar-refractivity contribution in [1.82, 2.24) is 5.43 Å². The highest BCUT2D eigenvalue weighted by Crippen LogP contribution is 2.31. The van der Waals surface area contributed by atoms with Gasteiger partial charge in [0.1, 0.15) is 0 Å². The van der Waals surface area contributed by atoms with Crippen LogP contribution in [0.2, 0.25) is 5.02 Å². The number of rotatable bonds is 4. The zero-order valence-electron chi connectivity index (χ0n) is 11.0. The summed E-state index contributed by atoms with van der Waals surface area (Å²) in [6.45, 7) is 0. The summed E-state index contributed by atoms with van der Waals surface area (Å²) in [5, 5.41) is 0.576. The number of alkyl halides is 3. The molecule has 3 N–H and O–H groups in total. The number of nitrogens with one attached hydrogen (secondary N) is 1. The van der Waals surface area contributed by atoms with Crippen LogP contribution in [0.4, 0.5) is 13.2 Å². The van der Waals surface area contributed by atoms with E-state index in [0.717, 1.165) is 17.7 Å².